The summed E-state index contributed by atoms with van der Waals surface area (Å²) in [6.07, 6.45) is 1.69. The summed E-state index contributed by atoms with van der Waals surface area (Å²) in [5, 5.41) is 3.93. The number of anilines is 1. The largest absolute Gasteiger partial charge is 0.396 e. The van der Waals surface area contributed by atoms with E-state index in [2.05, 4.69) is 23.1 Å². The lowest BCUT2D eigenvalue weighted by Gasteiger charge is -1.94. The zero-order valence-electron chi connectivity index (χ0n) is 6.40. The summed E-state index contributed by atoms with van der Waals surface area (Å²) in [5.41, 5.74) is 11.1. The minimum atomic E-state index is 0.729. The van der Waals surface area contributed by atoms with Crippen molar-refractivity contribution in [2.24, 2.45) is 5.73 Å². The number of nitrogens with two attached hydrogens (primary N) is 2. The second kappa shape index (κ2) is 5.67. The molecule has 0 amide bonds. The van der Waals surface area contributed by atoms with Crippen LogP contribution in [0.2, 0.25) is 0 Å². The lowest BCUT2D eigenvalue weighted by atomic mass is 10.6. The molecule has 0 aliphatic rings. The molecule has 4 nitrogen and oxygen atoms in total. The third kappa shape index (κ3) is 3.57. The minimum absolute atomic E-state index is 0.729. The number of thiocarbonyl (C=S) groups is 1. The zero-order chi connectivity index (χ0) is 8.69. The van der Waals surface area contributed by atoms with E-state index < -0.39 is 0 Å². The Labute approximate surface area is 71.2 Å². The lowest BCUT2D eigenvalue weighted by Crippen LogP contribution is -2.00. The molecule has 0 fully saturated rings. The fraction of sp³-hybridized carbons (Fsp3) is 0.333. The Hall–Kier alpha value is -1.10. The van der Waals surface area contributed by atoms with Crippen LogP contribution in [0.5, 0.6) is 0 Å². The first-order valence-corrected chi connectivity index (χ1v) is 3.66. The van der Waals surface area contributed by atoms with Crippen molar-refractivity contribution in [3.8, 4) is 0 Å². The highest BCUT2D eigenvalue weighted by atomic mass is 32.1. The summed E-state index contributed by atoms with van der Waals surface area (Å²) in [7, 11) is 0. The molecule has 0 aromatic carbocycles. The standard InChI is InChI=1S/C5H9N3.CH3NS/c1-2-8-5(6)3-4-7-8;2-1-3/h3-4H,2,6H2,1H3;1H,(H2,2,3). The van der Waals surface area contributed by atoms with E-state index in [0.717, 1.165) is 17.9 Å². The summed E-state index contributed by atoms with van der Waals surface area (Å²) in [6.45, 7) is 2.85. The van der Waals surface area contributed by atoms with Crippen molar-refractivity contribution in [2.75, 3.05) is 5.73 Å². The van der Waals surface area contributed by atoms with E-state index >= 15 is 0 Å². The molecule has 1 rings (SSSR count). The molecule has 0 spiro atoms. The van der Waals surface area contributed by atoms with E-state index in [4.69, 9.17) is 5.73 Å². The molecule has 0 radical (unpaired) electrons. The molecule has 1 heterocycles. The van der Waals surface area contributed by atoms with Crippen molar-refractivity contribution in [2.45, 2.75) is 13.5 Å². The van der Waals surface area contributed by atoms with Gasteiger partial charge in [0.2, 0.25) is 0 Å². The maximum Gasteiger partial charge on any atom is 0.121 e. The summed E-state index contributed by atoms with van der Waals surface area (Å²) in [5.74, 6) is 0.729. The van der Waals surface area contributed by atoms with Gasteiger partial charge in [-0.3, -0.25) is 4.68 Å². The van der Waals surface area contributed by atoms with Crippen molar-refractivity contribution in [3.05, 3.63) is 12.3 Å². The van der Waals surface area contributed by atoms with Crippen molar-refractivity contribution >= 4 is 23.5 Å². The van der Waals surface area contributed by atoms with Crippen molar-refractivity contribution in [1.82, 2.24) is 9.78 Å². The minimum Gasteiger partial charge on any atom is -0.396 e. The van der Waals surface area contributed by atoms with E-state index in [1.54, 1.807) is 16.9 Å². The van der Waals surface area contributed by atoms with E-state index in [1.807, 2.05) is 6.92 Å². The zero-order valence-corrected chi connectivity index (χ0v) is 7.21. The molecular weight excluding hydrogens is 160 g/mol. The van der Waals surface area contributed by atoms with Crippen LogP contribution < -0.4 is 11.5 Å². The molecule has 1 aromatic rings. The van der Waals surface area contributed by atoms with Crippen LogP contribution >= 0.6 is 12.2 Å². The highest BCUT2D eigenvalue weighted by Gasteiger charge is 1.89. The monoisotopic (exact) mass is 172 g/mol. The fourth-order valence-electron chi connectivity index (χ4n) is 0.607. The number of aromatic nitrogens is 2. The first-order valence-electron chi connectivity index (χ1n) is 3.18. The van der Waals surface area contributed by atoms with Crippen molar-refractivity contribution < 1.29 is 0 Å². The molecule has 11 heavy (non-hydrogen) atoms. The van der Waals surface area contributed by atoms with Crippen LogP contribution in [0, 0.1) is 0 Å². The Morgan fingerprint density at radius 3 is 2.55 bits per heavy atom. The van der Waals surface area contributed by atoms with Gasteiger partial charge >= 0.3 is 0 Å². The SMILES string of the molecule is CCn1nccc1N.NC=S. The van der Waals surface area contributed by atoms with E-state index in [0.29, 0.717) is 0 Å². The molecule has 4 N–H and O–H groups in total. The smallest absolute Gasteiger partial charge is 0.121 e. The van der Waals surface area contributed by atoms with Gasteiger partial charge in [0.25, 0.3) is 0 Å². The summed E-state index contributed by atoms with van der Waals surface area (Å²) >= 11 is 4.05. The Balaban J connectivity index is 0.000000292. The Morgan fingerprint density at radius 1 is 1.82 bits per heavy atom. The summed E-state index contributed by atoms with van der Waals surface area (Å²) in [6, 6.07) is 1.78. The van der Waals surface area contributed by atoms with Gasteiger partial charge in [-0.05, 0) is 13.0 Å². The molecule has 62 valence electrons. The van der Waals surface area contributed by atoms with Crippen LogP contribution in [0.4, 0.5) is 5.82 Å². The molecule has 0 saturated carbocycles. The molecule has 0 bridgehead atoms. The molecule has 0 aliphatic heterocycles. The van der Waals surface area contributed by atoms with E-state index in [-0.39, 0.29) is 0 Å². The quantitative estimate of drug-likeness (QED) is 0.601. The molecular formula is C6H12N4S. The van der Waals surface area contributed by atoms with Crippen LogP contribution in [0.15, 0.2) is 12.3 Å². The third-order valence-corrected chi connectivity index (χ3v) is 1.05. The average molecular weight is 172 g/mol. The van der Waals surface area contributed by atoms with Gasteiger partial charge in [0.15, 0.2) is 0 Å². The summed E-state index contributed by atoms with van der Waals surface area (Å²) < 4.78 is 1.74. The van der Waals surface area contributed by atoms with E-state index in [9.17, 15) is 0 Å². The topological polar surface area (TPSA) is 69.9 Å². The molecule has 0 aliphatic carbocycles. The van der Waals surface area contributed by atoms with Crippen molar-refractivity contribution in [1.29, 1.82) is 0 Å². The molecule has 0 unspecified atom stereocenters. The second-order valence-electron chi connectivity index (χ2n) is 1.71. The van der Waals surface area contributed by atoms with Crippen LogP contribution in [0.3, 0.4) is 0 Å². The number of aryl methyl sites for hydroxylation is 1. The Kier molecular flexibility index (Phi) is 5.10. The second-order valence-corrected chi connectivity index (χ2v) is 1.98. The predicted octanol–water partition coefficient (Wildman–Crippen LogP) is 0.388. The normalized spacial score (nSPS) is 8.09. The first-order chi connectivity index (χ1) is 5.26. The number of hydrogen-bond donors (Lipinski definition) is 2. The highest BCUT2D eigenvalue weighted by molar-refractivity contribution is 7.78. The molecule has 1 aromatic heterocycles. The maximum absolute atomic E-state index is 5.45. The van der Waals surface area contributed by atoms with Crippen LogP contribution in [0.1, 0.15) is 6.92 Å². The maximum atomic E-state index is 5.45. The fourth-order valence-corrected chi connectivity index (χ4v) is 0.607. The Morgan fingerprint density at radius 2 is 2.36 bits per heavy atom. The summed E-state index contributed by atoms with van der Waals surface area (Å²) in [4.78, 5) is 0. The van der Waals surface area contributed by atoms with Gasteiger partial charge in [-0.2, -0.15) is 5.10 Å². The molecule has 0 atom stereocenters. The van der Waals surface area contributed by atoms with Crippen LogP contribution in [0.25, 0.3) is 0 Å². The number of nitrogen functional groups attached to an aromatic ring is 1. The Bertz CT molecular complexity index is 208. The van der Waals surface area contributed by atoms with E-state index in [1.165, 1.54) is 0 Å². The number of nitrogens with zero attached hydrogens (tertiary/aromatic N) is 2. The van der Waals surface area contributed by atoms with Crippen molar-refractivity contribution in [3.63, 3.8) is 0 Å². The number of hydrogen-bond acceptors (Lipinski definition) is 3. The highest BCUT2D eigenvalue weighted by Crippen LogP contribution is 1.96. The van der Waals surface area contributed by atoms with Crippen LogP contribution in [-0.2, 0) is 6.54 Å². The van der Waals surface area contributed by atoms with Gasteiger partial charge < -0.3 is 11.5 Å². The van der Waals surface area contributed by atoms with Gasteiger partial charge in [-0.15, -0.1) is 0 Å². The molecule has 0 saturated heterocycles. The lowest BCUT2D eigenvalue weighted by molar-refractivity contribution is 0.670. The van der Waals surface area contributed by atoms with Gasteiger partial charge in [-0.25, -0.2) is 0 Å². The van der Waals surface area contributed by atoms with Crippen LogP contribution in [-0.4, -0.2) is 15.3 Å². The van der Waals surface area contributed by atoms with Gasteiger partial charge in [0.05, 0.1) is 11.7 Å². The third-order valence-electron chi connectivity index (χ3n) is 1.05. The predicted molar refractivity (Wildman–Crippen MR) is 50.2 cm³/mol. The first kappa shape index (κ1) is 9.90. The van der Waals surface area contributed by atoms with Gasteiger partial charge in [0, 0.05) is 6.54 Å². The van der Waals surface area contributed by atoms with Gasteiger partial charge in [0.1, 0.15) is 5.82 Å². The molecule has 5 heteroatoms. The van der Waals surface area contributed by atoms with Gasteiger partial charge in [-0.1, -0.05) is 12.2 Å². The average Bonchev–Trinajstić information content (AvgIpc) is 2.36. The number of rotatable bonds is 1.